The molecule has 1 aromatic rings. The Morgan fingerprint density at radius 2 is 1.88 bits per heavy atom. The van der Waals surface area contributed by atoms with Crippen molar-refractivity contribution in [2.24, 2.45) is 0 Å². The Morgan fingerprint density at radius 3 is 2.53 bits per heavy atom. The molecule has 1 saturated heterocycles. The molecule has 0 spiro atoms. The van der Waals surface area contributed by atoms with Crippen LogP contribution in [0.25, 0.3) is 0 Å². The molecule has 1 heterocycles. The van der Waals surface area contributed by atoms with Gasteiger partial charge in [-0.25, -0.2) is 0 Å². The summed E-state index contributed by atoms with van der Waals surface area (Å²) in [6, 6.07) is 9.33. The van der Waals surface area contributed by atoms with Crippen molar-refractivity contribution in [1.29, 1.82) is 0 Å². The molecule has 3 heteroatoms. The van der Waals surface area contributed by atoms with Crippen LogP contribution in [0.1, 0.15) is 20.8 Å². The Morgan fingerprint density at radius 1 is 1.24 bits per heavy atom. The topological polar surface area (TPSA) is 24.5 Å². The van der Waals surface area contributed by atoms with Gasteiger partial charge in [0, 0.05) is 25.2 Å². The van der Waals surface area contributed by atoms with Crippen LogP contribution < -0.4 is 15.0 Å². The van der Waals surface area contributed by atoms with Gasteiger partial charge in [-0.1, -0.05) is 12.1 Å². The second-order valence-corrected chi connectivity index (χ2v) is 4.66. The van der Waals surface area contributed by atoms with Crippen molar-refractivity contribution in [2.75, 3.05) is 24.6 Å². The van der Waals surface area contributed by atoms with Crippen LogP contribution in [0, 0.1) is 0 Å². The molecule has 17 heavy (non-hydrogen) atoms. The van der Waals surface area contributed by atoms with E-state index >= 15 is 0 Å². The molecule has 2 rings (SSSR count). The number of nitrogens with one attached hydrogen (secondary N) is 1. The van der Waals surface area contributed by atoms with Crippen molar-refractivity contribution in [3.8, 4) is 5.75 Å². The van der Waals surface area contributed by atoms with Gasteiger partial charge in [0.25, 0.3) is 0 Å². The summed E-state index contributed by atoms with van der Waals surface area (Å²) in [5.41, 5.74) is 1.22. The predicted octanol–water partition coefficient (Wildman–Crippen LogP) is 2.27. The van der Waals surface area contributed by atoms with Crippen LogP contribution in [0.3, 0.4) is 0 Å². The number of hydrogen-bond acceptors (Lipinski definition) is 3. The minimum absolute atomic E-state index is 0.500. The highest BCUT2D eigenvalue weighted by atomic mass is 16.5. The summed E-state index contributed by atoms with van der Waals surface area (Å²) in [5.74, 6) is 0.996. The third kappa shape index (κ3) is 2.55. The van der Waals surface area contributed by atoms with E-state index < -0.39 is 0 Å². The lowest BCUT2D eigenvalue weighted by Crippen LogP contribution is -2.55. The number of para-hydroxylation sites is 2. The molecule has 2 atom stereocenters. The average Bonchev–Trinajstić information content (AvgIpc) is 2.31. The van der Waals surface area contributed by atoms with E-state index in [1.807, 2.05) is 13.0 Å². The smallest absolute Gasteiger partial charge is 0.142 e. The van der Waals surface area contributed by atoms with E-state index in [1.54, 1.807) is 0 Å². The highest BCUT2D eigenvalue weighted by molar-refractivity contribution is 5.60. The molecule has 3 nitrogen and oxygen atoms in total. The summed E-state index contributed by atoms with van der Waals surface area (Å²) in [6.45, 7) is 9.32. The molecule has 94 valence electrons. The molecule has 1 N–H and O–H groups in total. The third-order valence-corrected chi connectivity index (χ3v) is 3.27. The fourth-order valence-corrected chi connectivity index (χ4v) is 2.56. The largest absolute Gasteiger partial charge is 0.492 e. The first-order valence-electron chi connectivity index (χ1n) is 6.45. The van der Waals surface area contributed by atoms with Gasteiger partial charge in [-0.15, -0.1) is 0 Å². The van der Waals surface area contributed by atoms with Gasteiger partial charge in [-0.05, 0) is 32.9 Å². The van der Waals surface area contributed by atoms with Gasteiger partial charge < -0.3 is 15.0 Å². The van der Waals surface area contributed by atoms with Gasteiger partial charge >= 0.3 is 0 Å². The van der Waals surface area contributed by atoms with Gasteiger partial charge in [0.05, 0.1) is 12.3 Å². The fraction of sp³-hybridized carbons (Fsp3) is 0.571. The van der Waals surface area contributed by atoms with Crippen LogP contribution in [0.15, 0.2) is 24.3 Å². The van der Waals surface area contributed by atoms with E-state index in [9.17, 15) is 0 Å². The fourth-order valence-electron chi connectivity index (χ4n) is 2.56. The Hall–Kier alpha value is -1.22. The summed E-state index contributed by atoms with van der Waals surface area (Å²) in [6.07, 6.45) is 0. The van der Waals surface area contributed by atoms with E-state index in [0.29, 0.717) is 18.7 Å². The average molecular weight is 234 g/mol. The number of ether oxygens (including phenoxy) is 1. The van der Waals surface area contributed by atoms with Crippen molar-refractivity contribution in [1.82, 2.24) is 5.32 Å². The zero-order valence-corrected chi connectivity index (χ0v) is 10.9. The Balaban J connectivity index is 2.30. The standard InChI is InChI=1S/C14H22N2O/c1-4-17-14-8-6-5-7-13(14)16-11(2)9-15-10-12(16)3/h5-8,11-12,15H,4,9-10H2,1-3H3. The second-order valence-electron chi connectivity index (χ2n) is 4.66. The Bertz CT molecular complexity index is 357. The maximum absolute atomic E-state index is 5.72. The van der Waals surface area contributed by atoms with E-state index in [0.717, 1.165) is 18.8 Å². The van der Waals surface area contributed by atoms with Gasteiger partial charge in [0.15, 0.2) is 0 Å². The van der Waals surface area contributed by atoms with Crippen molar-refractivity contribution >= 4 is 5.69 Å². The molecular weight excluding hydrogens is 212 g/mol. The first-order chi connectivity index (χ1) is 8.24. The minimum Gasteiger partial charge on any atom is -0.492 e. The molecule has 0 bridgehead atoms. The molecule has 0 radical (unpaired) electrons. The quantitative estimate of drug-likeness (QED) is 0.868. The highest BCUT2D eigenvalue weighted by Gasteiger charge is 2.26. The molecule has 0 aliphatic carbocycles. The van der Waals surface area contributed by atoms with Crippen molar-refractivity contribution < 1.29 is 4.74 Å². The van der Waals surface area contributed by atoms with Gasteiger partial charge in [-0.3, -0.25) is 0 Å². The molecule has 2 unspecified atom stereocenters. The van der Waals surface area contributed by atoms with Crippen molar-refractivity contribution in [3.63, 3.8) is 0 Å². The highest BCUT2D eigenvalue weighted by Crippen LogP contribution is 2.31. The van der Waals surface area contributed by atoms with E-state index in [-0.39, 0.29) is 0 Å². The summed E-state index contributed by atoms with van der Waals surface area (Å²) in [7, 11) is 0. The summed E-state index contributed by atoms with van der Waals surface area (Å²) in [4.78, 5) is 2.46. The van der Waals surface area contributed by atoms with Gasteiger partial charge in [0.1, 0.15) is 5.75 Å². The van der Waals surface area contributed by atoms with Crippen LogP contribution in [0.5, 0.6) is 5.75 Å². The lowest BCUT2D eigenvalue weighted by atomic mass is 10.1. The number of rotatable bonds is 3. The number of benzene rings is 1. The lowest BCUT2D eigenvalue weighted by Gasteiger charge is -2.41. The molecule has 0 amide bonds. The van der Waals surface area contributed by atoms with Crippen LogP contribution in [-0.2, 0) is 0 Å². The molecule has 1 fully saturated rings. The summed E-state index contributed by atoms with van der Waals surface area (Å²) < 4.78 is 5.72. The maximum Gasteiger partial charge on any atom is 0.142 e. The number of nitrogens with zero attached hydrogens (tertiary/aromatic N) is 1. The number of hydrogen-bond donors (Lipinski definition) is 1. The first-order valence-corrected chi connectivity index (χ1v) is 6.45. The van der Waals surface area contributed by atoms with Crippen LogP contribution in [0.4, 0.5) is 5.69 Å². The number of piperazine rings is 1. The molecular formula is C14H22N2O. The molecule has 0 aromatic heterocycles. The van der Waals surface area contributed by atoms with Gasteiger partial charge in [-0.2, -0.15) is 0 Å². The lowest BCUT2D eigenvalue weighted by molar-refractivity contribution is 0.336. The second kappa shape index (κ2) is 5.41. The van der Waals surface area contributed by atoms with E-state index in [4.69, 9.17) is 4.74 Å². The normalized spacial score (nSPS) is 24.8. The Labute approximate surface area is 104 Å². The SMILES string of the molecule is CCOc1ccccc1N1C(C)CNCC1C. The Kier molecular flexibility index (Phi) is 3.89. The van der Waals surface area contributed by atoms with Crippen LogP contribution in [0.2, 0.25) is 0 Å². The molecule has 1 aliphatic heterocycles. The van der Waals surface area contributed by atoms with Crippen LogP contribution >= 0.6 is 0 Å². The molecule has 1 aromatic carbocycles. The van der Waals surface area contributed by atoms with E-state index in [2.05, 4.69) is 42.3 Å². The molecule has 0 saturated carbocycles. The number of anilines is 1. The predicted molar refractivity (Wildman–Crippen MR) is 71.9 cm³/mol. The molecule has 1 aliphatic rings. The monoisotopic (exact) mass is 234 g/mol. The van der Waals surface area contributed by atoms with Crippen molar-refractivity contribution in [3.05, 3.63) is 24.3 Å². The zero-order valence-electron chi connectivity index (χ0n) is 10.9. The first kappa shape index (κ1) is 12.2. The van der Waals surface area contributed by atoms with E-state index in [1.165, 1.54) is 5.69 Å². The maximum atomic E-state index is 5.72. The summed E-state index contributed by atoms with van der Waals surface area (Å²) >= 11 is 0. The summed E-state index contributed by atoms with van der Waals surface area (Å²) in [5, 5.41) is 3.45. The third-order valence-electron chi connectivity index (χ3n) is 3.27. The minimum atomic E-state index is 0.500. The van der Waals surface area contributed by atoms with Crippen LogP contribution in [-0.4, -0.2) is 31.8 Å². The van der Waals surface area contributed by atoms with Crippen molar-refractivity contribution in [2.45, 2.75) is 32.9 Å². The zero-order chi connectivity index (χ0) is 12.3. The van der Waals surface area contributed by atoms with Gasteiger partial charge in [0.2, 0.25) is 0 Å².